The summed E-state index contributed by atoms with van der Waals surface area (Å²) in [5.74, 6) is -0.725. The van der Waals surface area contributed by atoms with Gasteiger partial charge in [0.2, 0.25) is 0 Å². The van der Waals surface area contributed by atoms with Crippen LogP contribution < -0.4 is 0 Å². The number of allylic oxidation sites excluding steroid dienone is 5. The Morgan fingerprint density at radius 3 is 2.45 bits per heavy atom. The lowest BCUT2D eigenvalue weighted by atomic mass is 10.1. The van der Waals surface area contributed by atoms with Crippen molar-refractivity contribution in [1.29, 1.82) is 0 Å². The fourth-order valence-corrected chi connectivity index (χ4v) is 2.02. The van der Waals surface area contributed by atoms with Crippen molar-refractivity contribution >= 4 is 5.97 Å². The van der Waals surface area contributed by atoms with Gasteiger partial charge >= 0.3 is 5.97 Å². The molecule has 0 saturated carbocycles. The minimum Gasteiger partial charge on any atom is -0.481 e. The van der Waals surface area contributed by atoms with Gasteiger partial charge in [-0.1, -0.05) is 69.1 Å². The summed E-state index contributed by atoms with van der Waals surface area (Å²) in [6.07, 6.45) is 19.5. The number of hydrogen-bond acceptors (Lipinski definition) is 3. The molecule has 0 aliphatic heterocycles. The standard InChI is InChI=1S/C18H30O4/c1-2-3-4-5-6-8-11-14-17(22-21)15-12-9-7-10-13-16-18(19)20/h3-4,6,8,11,14,17,21H,2,5,7,9-10,12-13,15-16H2,1H3,(H,19,20)/b4-3-,8-6-,14-11+/t17-/m0/s1. The second-order valence-electron chi connectivity index (χ2n) is 5.27. The van der Waals surface area contributed by atoms with E-state index in [1.807, 2.05) is 18.2 Å². The van der Waals surface area contributed by atoms with Gasteiger partial charge in [0.25, 0.3) is 0 Å². The van der Waals surface area contributed by atoms with Crippen molar-refractivity contribution in [3.63, 3.8) is 0 Å². The molecule has 0 aliphatic rings. The lowest BCUT2D eigenvalue weighted by molar-refractivity contribution is -0.267. The number of aliphatic carboxylic acids is 1. The normalized spacial score (nSPS) is 13.5. The SMILES string of the molecule is CC/C=C\C/C=C\C=C\[C@@H](CCCCCCCC(=O)O)OO. The van der Waals surface area contributed by atoms with Crippen LogP contribution in [0, 0.1) is 0 Å². The summed E-state index contributed by atoms with van der Waals surface area (Å²) in [6, 6.07) is 0. The zero-order chi connectivity index (χ0) is 16.5. The Balaban J connectivity index is 3.65. The highest BCUT2D eigenvalue weighted by Crippen LogP contribution is 2.11. The van der Waals surface area contributed by atoms with E-state index in [0.717, 1.165) is 51.4 Å². The third-order valence-corrected chi connectivity index (χ3v) is 3.26. The second-order valence-corrected chi connectivity index (χ2v) is 5.27. The number of carboxylic acid groups (broad SMARTS) is 1. The highest BCUT2D eigenvalue weighted by atomic mass is 17.1. The topological polar surface area (TPSA) is 66.8 Å². The molecule has 0 heterocycles. The van der Waals surface area contributed by atoms with Crippen molar-refractivity contribution in [2.75, 3.05) is 0 Å². The Bertz CT molecular complexity index is 345. The average Bonchev–Trinajstić information content (AvgIpc) is 2.50. The van der Waals surface area contributed by atoms with Gasteiger partial charge in [-0.05, 0) is 25.7 Å². The largest absolute Gasteiger partial charge is 0.481 e. The molecule has 4 nitrogen and oxygen atoms in total. The van der Waals surface area contributed by atoms with Gasteiger partial charge in [0.15, 0.2) is 0 Å². The third-order valence-electron chi connectivity index (χ3n) is 3.26. The van der Waals surface area contributed by atoms with Crippen LogP contribution in [0.2, 0.25) is 0 Å². The van der Waals surface area contributed by atoms with Crippen LogP contribution in [-0.2, 0) is 9.68 Å². The van der Waals surface area contributed by atoms with Crippen molar-refractivity contribution in [2.24, 2.45) is 0 Å². The van der Waals surface area contributed by atoms with Crippen molar-refractivity contribution in [3.8, 4) is 0 Å². The Labute approximate surface area is 134 Å². The number of rotatable bonds is 14. The Hall–Kier alpha value is -1.39. The third kappa shape index (κ3) is 15.0. The molecule has 0 aromatic heterocycles. The zero-order valence-electron chi connectivity index (χ0n) is 13.6. The van der Waals surface area contributed by atoms with Crippen molar-refractivity contribution < 1.29 is 20.0 Å². The predicted molar refractivity (Wildman–Crippen MR) is 89.8 cm³/mol. The molecule has 0 fully saturated rings. The van der Waals surface area contributed by atoms with Crippen LogP contribution in [0.15, 0.2) is 36.5 Å². The molecule has 4 heteroatoms. The van der Waals surface area contributed by atoms with E-state index >= 15 is 0 Å². The molecule has 0 aromatic rings. The molecule has 0 bridgehead atoms. The predicted octanol–water partition coefficient (Wildman–Crippen LogP) is 5.13. The zero-order valence-corrected chi connectivity index (χ0v) is 13.6. The average molecular weight is 310 g/mol. The number of unbranched alkanes of at least 4 members (excludes halogenated alkanes) is 4. The molecule has 1 atom stereocenters. The summed E-state index contributed by atoms with van der Waals surface area (Å²) >= 11 is 0. The van der Waals surface area contributed by atoms with Crippen LogP contribution in [-0.4, -0.2) is 22.4 Å². The van der Waals surface area contributed by atoms with E-state index in [0.29, 0.717) is 0 Å². The fraction of sp³-hybridized carbons (Fsp3) is 0.611. The maximum Gasteiger partial charge on any atom is 0.303 e. The molecule has 126 valence electrons. The first-order valence-electron chi connectivity index (χ1n) is 8.21. The summed E-state index contributed by atoms with van der Waals surface area (Å²) in [5.41, 5.74) is 0. The van der Waals surface area contributed by atoms with Gasteiger partial charge in [-0.25, -0.2) is 4.89 Å². The van der Waals surface area contributed by atoms with Gasteiger partial charge in [0.05, 0.1) is 0 Å². The smallest absolute Gasteiger partial charge is 0.303 e. The van der Waals surface area contributed by atoms with Crippen LogP contribution >= 0.6 is 0 Å². The van der Waals surface area contributed by atoms with E-state index in [9.17, 15) is 4.79 Å². The molecule has 2 N–H and O–H groups in total. The Morgan fingerprint density at radius 1 is 1.05 bits per heavy atom. The summed E-state index contributed by atoms with van der Waals surface area (Å²) in [4.78, 5) is 14.8. The quantitative estimate of drug-likeness (QED) is 0.153. The van der Waals surface area contributed by atoms with Gasteiger partial charge < -0.3 is 5.11 Å². The minimum absolute atomic E-state index is 0.255. The minimum atomic E-state index is -0.725. The molecule has 0 aromatic carbocycles. The molecule has 0 radical (unpaired) electrons. The van der Waals surface area contributed by atoms with E-state index < -0.39 is 5.97 Å². The molecule has 0 saturated heterocycles. The monoisotopic (exact) mass is 310 g/mol. The highest BCUT2D eigenvalue weighted by molar-refractivity contribution is 5.66. The summed E-state index contributed by atoms with van der Waals surface area (Å²) in [7, 11) is 0. The number of carboxylic acids is 1. The van der Waals surface area contributed by atoms with Gasteiger partial charge in [0.1, 0.15) is 6.10 Å². The molecular weight excluding hydrogens is 280 g/mol. The van der Waals surface area contributed by atoms with Crippen molar-refractivity contribution in [2.45, 2.75) is 70.8 Å². The first kappa shape index (κ1) is 20.6. The summed E-state index contributed by atoms with van der Waals surface area (Å²) in [5, 5.41) is 17.4. The molecule has 22 heavy (non-hydrogen) atoms. The van der Waals surface area contributed by atoms with Crippen LogP contribution in [0.25, 0.3) is 0 Å². The van der Waals surface area contributed by atoms with Gasteiger partial charge in [-0.15, -0.1) is 0 Å². The molecular formula is C18H30O4. The lowest BCUT2D eigenvalue weighted by Crippen LogP contribution is -2.06. The Morgan fingerprint density at radius 2 is 1.77 bits per heavy atom. The molecule has 0 aliphatic carbocycles. The molecule has 0 amide bonds. The van der Waals surface area contributed by atoms with Crippen LogP contribution in [0.4, 0.5) is 0 Å². The van der Waals surface area contributed by atoms with E-state index in [4.69, 9.17) is 10.4 Å². The molecule has 0 rings (SSSR count). The highest BCUT2D eigenvalue weighted by Gasteiger charge is 2.03. The van der Waals surface area contributed by atoms with Crippen LogP contribution in [0.5, 0.6) is 0 Å². The van der Waals surface area contributed by atoms with Gasteiger partial charge in [-0.2, -0.15) is 0 Å². The maximum atomic E-state index is 10.4. The summed E-state index contributed by atoms with van der Waals surface area (Å²) in [6.45, 7) is 2.11. The molecule has 0 spiro atoms. The van der Waals surface area contributed by atoms with Crippen LogP contribution in [0.3, 0.4) is 0 Å². The first-order valence-corrected chi connectivity index (χ1v) is 8.21. The van der Waals surface area contributed by atoms with Gasteiger partial charge in [0, 0.05) is 6.42 Å². The van der Waals surface area contributed by atoms with Crippen molar-refractivity contribution in [3.05, 3.63) is 36.5 Å². The van der Waals surface area contributed by atoms with E-state index in [-0.39, 0.29) is 12.5 Å². The first-order chi connectivity index (χ1) is 10.7. The lowest BCUT2D eigenvalue weighted by Gasteiger charge is -2.08. The van der Waals surface area contributed by atoms with Crippen molar-refractivity contribution in [1.82, 2.24) is 0 Å². The van der Waals surface area contributed by atoms with Gasteiger partial charge in [-0.3, -0.25) is 10.1 Å². The summed E-state index contributed by atoms with van der Waals surface area (Å²) < 4.78 is 0. The maximum absolute atomic E-state index is 10.4. The number of carbonyl (C=O) groups is 1. The Kier molecular flexibility index (Phi) is 15.0. The number of hydrogen-bond donors (Lipinski definition) is 2. The van der Waals surface area contributed by atoms with E-state index in [1.165, 1.54) is 0 Å². The van der Waals surface area contributed by atoms with E-state index in [1.54, 1.807) is 0 Å². The fourth-order valence-electron chi connectivity index (χ4n) is 2.02. The molecule has 0 unspecified atom stereocenters. The van der Waals surface area contributed by atoms with Crippen LogP contribution in [0.1, 0.15) is 64.7 Å². The second kappa shape index (κ2) is 16.0. The van der Waals surface area contributed by atoms with E-state index in [2.05, 4.69) is 30.0 Å².